The summed E-state index contributed by atoms with van der Waals surface area (Å²) in [6.07, 6.45) is 2.55. The van der Waals surface area contributed by atoms with Crippen molar-refractivity contribution in [1.29, 1.82) is 0 Å². The first-order valence-electron chi connectivity index (χ1n) is 7.18. The molecule has 0 saturated carbocycles. The van der Waals surface area contributed by atoms with Crippen LogP contribution in [0.15, 0.2) is 48.5 Å². The molecule has 0 fully saturated rings. The number of methoxy groups -OCH3 is 1. The van der Waals surface area contributed by atoms with E-state index in [4.69, 9.17) is 30.9 Å². The van der Waals surface area contributed by atoms with E-state index in [1.54, 1.807) is 49.6 Å². The van der Waals surface area contributed by atoms with Crippen LogP contribution in [-0.2, 0) is 4.79 Å². The summed E-state index contributed by atoms with van der Waals surface area (Å²) in [4.78, 5) is 10.6. The molecule has 2 aromatic carbocycles. The lowest BCUT2D eigenvalue weighted by atomic mass is 10.2. The SMILES string of the molecule is COc1ccc(C=CC(=O)O)cc1OCCOc1ccc(Cl)cc1. The van der Waals surface area contributed by atoms with Gasteiger partial charge in [0.1, 0.15) is 19.0 Å². The summed E-state index contributed by atoms with van der Waals surface area (Å²) >= 11 is 5.81. The van der Waals surface area contributed by atoms with Crippen molar-refractivity contribution in [3.05, 3.63) is 59.1 Å². The lowest BCUT2D eigenvalue weighted by Gasteiger charge is -2.12. The first-order chi connectivity index (χ1) is 11.6. The van der Waals surface area contributed by atoms with Crippen LogP contribution in [0.4, 0.5) is 0 Å². The number of carboxylic acid groups (broad SMARTS) is 1. The van der Waals surface area contributed by atoms with Crippen LogP contribution in [0.2, 0.25) is 5.02 Å². The van der Waals surface area contributed by atoms with E-state index < -0.39 is 5.97 Å². The van der Waals surface area contributed by atoms with Crippen LogP contribution in [0.25, 0.3) is 6.08 Å². The molecule has 2 rings (SSSR count). The van der Waals surface area contributed by atoms with Gasteiger partial charge in [0.2, 0.25) is 0 Å². The van der Waals surface area contributed by atoms with Crippen LogP contribution in [0.1, 0.15) is 5.56 Å². The Kier molecular flexibility index (Phi) is 6.51. The van der Waals surface area contributed by atoms with Gasteiger partial charge in [0.05, 0.1) is 7.11 Å². The third kappa shape index (κ3) is 5.52. The maximum atomic E-state index is 10.6. The Labute approximate surface area is 145 Å². The monoisotopic (exact) mass is 348 g/mol. The van der Waals surface area contributed by atoms with Crippen LogP contribution in [0, 0.1) is 0 Å². The molecule has 0 atom stereocenters. The molecule has 0 spiro atoms. The van der Waals surface area contributed by atoms with E-state index in [-0.39, 0.29) is 0 Å². The fraction of sp³-hybridized carbons (Fsp3) is 0.167. The second-order valence-electron chi connectivity index (χ2n) is 4.73. The van der Waals surface area contributed by atoms with Crippen molar-refractivity contribution in [3.63, 3.8) is 0 Å². The number of hydrogen-bond donors (Lipinski definition) is 1. The van der Waals surface area contributed by atoms with Crippen LogP contribution in [0.5, 0.6) is 17.2 Å². The first-order valence-corrected chi connectivity index (χ1v) is 7.56. The maximum absolute atomic E-state index is 10.6. The maximum Gasteiger partial charge on any atom is 0.328 e. The summed E-state index contributed by atoms with van der Waals surface area (Å²) < 4.78 is 16.4. The Morgan fingerprint density at radius 1 is 1.08 bits per heavy atom. The highest BCUT2D eigenvalue weighted by Crippen LogP contribution is 2.28. The van der Waals surface area contributed by atoms with Crippen LogP contribution < -0.4 is 14.2 Å². The molecule has 6 heteroatoms. The molecular formula is C18H17ClO5. The average molecular weight is 349 g/mol. The van der Waals surface area contributed by atoms with Gasteiger partial charge in [-0.25, -0.2) is 4.79 Å². The zero-order chi connectivity index (χ0) is 17.4. The molecule has 0 aromatic heterocycles. The molecule has 5 nitrogen and oxygen atoms in total. The Balaban J connectivity index is 1.93. The Bertz CT molecular complexity index is 710. The number of aliphatic carboxylic acids is 1. The van der Waals surface area contributed by atoms with Gasteiger partial charge in [-0.05, 0) is 48.0 Å². The summed E-state index contributed by atoms with van der Waals surface area (Å²) in [6.45, 7) is 0.658. The minimum Gasteiger partial charge on any atom is -0.493 e. The van der Waals surface area contributed by atoms with Gasteiger partial charge in [0.15, 0.2) is 11.5 Å². The summed E-state index contributed by atoms with van der Waals surface area (Å²) in [5.74, 6) is 0.775. The van der Waals surface area contributed by atoms with Crippen molar-refractivity contribution in [2.45, 2.75) is 0 Å². The van der Waals surface area contributed by atoms with Gasteiger partial charge in [0, 0.05) is 11.1 Å². The molecule has 0 radical (unpaired) electrons. The van der Waals surface area contributed by atoms with Gasteiger partial charge in [-0.15, -0.1) is 0 Å². The summed E-state index contributed by atoms with van der Waals surface area (Å²) in [5, 5.41) is 9.32. The van der Waals surface area contributed by atoms with Crippen molar-refractivity contribution in [2.75, 3.05) is 20.3 Å². The molecule has 126 valence electrons. The lowest BCUT2D eigenvalue weighted by Crippen LogP contribution is -2.09. The molecule has 0 aliphatic rings. The fourth-order valence-electron chi connectivity index (χ4n) is 1.92. The molecule has 24 heavy (non-hydrogen) atoms. The van der Waals surface area contributed by atoms with Gasteiger partial charge in [-0.1, -0.05) is 17.7 Å². The quantitative estimate of drug-likeness (QED) is 0.579. The number of rotatable bonds is 8. The molecule has 0 aliphatic heterocycles. The number of hydrogen-bond acceptors (Lipinski definition) is 4. The number of ether oxygens (including phenoxy) is 3. The first kappa shape index (κ1) is 17.7. The zero-order valence-electron chi connectivity index (χ0n) is 13.1. The molecule has 2 aromatic rings. The third-order valence-electron chi connectivity index (χ3n) is 3.03. The van der Waals surface area contributed by atoms with Crippen molar-refractivity contribution in [2.24, 2.45) is 0 Å². The smallest absolute Gasteiger partial charge is 0.328 e. The van der Waals surface area contributed by atoms with Gasteiger partial charge in [0.25, 0.3) is 0 Å². The fourth-order valence-corrected chi connectivity index (χ4v) is 2.05. The molecule has 0 saturated heterocycles. The largest absolute Gasteiger partial charge is 0.493 e. The summed E-state index contributed by atoms with van der Waals surface area (Å²) in [6, 6.07) is 12.2. The Morgan fingerprint density at radius 3 is 2.46 bits per heavy atom. The van der Waals surface area contributed by atoms with Crippen molar-refractivity contribution < 1.29 is 24.1 Å². The summed E-state index contributed by atoms with van der Waals surface area (Å²) in [5.41, 5.74) is 0.701. The van der Waals surface area contributed by atoms with Gasteiger partial charge >= 0.3 is 5.97 Å². The molecule has 0 bridgehead atoms. The van der Waals surface area contributed by atoms with Crippen molar-refractivity contribution >= 4 is 23.6 Å². The third-order valence-corrected chi connectivity index (χ3v) is 3.28. The molecule has 0 heterocycles. The number of carboxylic acids is 1. The second-order valence-corrected chi connectivity index (χ2v) is 5.17. The van der Waals surface area contributed by atoms with E-state index in [1.807, 2.05) is 0 Å². The Morgan fingerprint density at radius 2 is 1.79 bits per heavy atom. The van der Waals surface area contributed by atoms with E-state index in [9.17, 15) is 4.79 Å². The number of benzene rings is 2. The lowest BCUT2D eigenvalue weighted by molar-refractivity contribution is -0.131. The second kappa shape index (κ2) is 8.84. The highest BCUT2D eigenvalue weighted by molar-refractivity contribution is 6.30. The number of halogens is 1. The predicted octanol–water partition coefficient (Wildman–Crippen LogP) is 3.90. The van der Waals surface area contributed by atoms with Crippen molar-refractivity contribution in [1.82, 2.24) is 0 Å². The van der Waals surface area contributed by atoms with E-state index >= 15 is 0 Å². The predicted molar refractivity (Wildman–Crippen MR) is 92.1 cm³/mol. The molecule has 0 aliphatic carbocycles. The van der Waals surface area contributed by atoms with Crippen LogP contribution in [0.3, 0.4) is 0 Å². The molecular weight excluding hydrogens is 332 g/mol. The van der Waals surface area contributed by atoms with Gasteiger partial charge in [-0.3, -0.25) is 0 Å². The van der Waals surface area contributed by atoms with E-state index in [2.05, 4.69) is 0 Å². The van der Waals surface area contributed by atoms with Gasteiger partial charge in [-0.2, -0.15) is 0 Å². The average Bonchev–Trinajstić information content (AvgIpc) is 2.58. The molecule has 1 N–H and O–H groups in total. The van der Waals surface area contributed by atoms with E-state index in [0.717, 1.165) is 6.08 Å². The normalized spacial score (nSPS) is 10.6. The van der Waals surface area contributed by atoms with E-state index in [1.165, 1.54) is 6.08 Å². The Hall–Kier alpha value is -2.66. The minimum atomic E-state index is -1.01. The molecule has 0 unspecified atom stereocenters. The van der Waals surface area contributed by atoms with Crippen LogP contribution in [-0.4, -0.2) is 31.4 Å². The molecule has 0 amide bonds. The standard InChI is InChI=1S/C18H17ClO5/c1-22-16-8-2-13(3-9-18(20)21)12-17(16)24-11-10-23-15-6-4-14(19)5-7-15/h2-9,12H,10-11H2,1H3,(H,20,21). The topological polar surface area (TPSA) is 65.0 Å². The highest BCUT2D eigenvalue weighted by Gasteiger charge is 2.05. The van der Waals surface area contributed by atoms with Crippen LogP contribution >= 0.6 is 11.6 Å². The minimum absolute atomic E-state index is 0.311. The number of carbonyl (C=O) groups is 1. The van der Waals surface area contributed by atoms with Crippen molar-refractivity contribution in [3.8, 4) is 17.2 Å². The highest BCUT2D eigenvalue weighted by atomic mass is 35.5. The van der Waals surface area contributed by atoms with E-state index in [0.29, 0.717) is 41.0 Å². The zero-order valence-corrected chi connectivity index (χ0v) is 13.8. The van der Waals surface area contributed by atoms with Gasteiger partial charge < -0.3 is 19.3 Å². The summed E-state index contributed by atoms with van der Waals surface area (Å²) in [7, 11) is 1.54.